The summed E-state index contributed by atoms with van der Waals surface area (Å²) in [6.45, 7) is 3.49. The van der Waals surface area contributed by atoms with Gasteiger partial charge in [0, 0.05) is 10.0 Å². The molecule has 0 amide bonds. The summed E-state index contributed by atoms with van der Waals surface area (Å²) in [7, 11) is 0. The second-order valence-corrected chi connectivity index (χ2v) is 4.66. The molecule has 0 saturated heterocycles. The van der Waals surface area contributed by atoms with Gasteiger partial charge in [0.25, 0.3) is 0 Å². The number of rotatable bonds is 2. The standard InChI is InChI=1S/C13H11BrO4/c1-3-17-13(16)12-7(2)11(15)9-6-8(14)4-5-10(9)18-12/h4-6H,3H2,1-2H3. The average molecular weight is 311 g/mol. The third kappa shape index (κ3) is 2.18. The monoisotopic (exact) mass is 310 g/mol. The summed E-state index contributed by atoms with van der Waals surface area (Å²) in [6, 6.07) is 5.06. The van der Waals surface area contributed by atoms with Gasteiger partial charge in [-0.2, -0.15) is 0 Å². The summed E-state index contributed by atoms with van der Waals surface area (Å²) in [4.78, 5) is 23.8. The van der Waals surface area contributed by atoms with Gasteiger partial charge in [0.15, 0.2) is 5.43 Å². The largest absolute Gasteiger partial charge is 0.460 e. The molecule has 0 aliphatic carbocycles. The third-order valence-electron chi connectivity index (χ3n) is 2.54. The highest BCUT2D eigenvalue weighted by Gasteiger charge is 2.18. The maximum atomic E-state index is 12.1. The molecule has 0 saturated carbocycles. The van der Waals surface area contributed by atoms with Crippen LogP contribution in [0.25, 0.3) is 11.0 Å². The van der Waals surface area contributed by atoms with E-state index in [0.717, 1.165) is 4.47 Å². The lowest BCUT2D eigenvalue weighted by Crippen LogP contribution is -2.15. The predicted octanol–water partition coefficient (Wildman–Crippen LogP) is 3.04. The molecule has 0 fully saturated rings. The zero-order chi connectivity index (χ0) is 13.3. The Kier molecular flexibility index (Phi) is 3.52. The molecule has 1 aromatic carbocycles. The number of halogens is 1. The summed E-state index contributed by atoms with van der Waals surface area (Å²) in [5.74, 6) is -0.645. The SMILES string of the molecule is CCOC(=O)c1oc2ccc(Br)cc2c(=O)c1C. The van der Waals surface area contributed by atoms with Crippen LogP contribution in [0, 0.1) is 6.92 Å². The molecule has 1 heterocycles. The highest BCUT2D eigenvalue weighted by molar-refractivity contribution is 9.10. The number of carbonyl (C=O) groups excluding carboxylic acids is 1. The predicted molar refractivity (Wildman–Crippen MR) is 70.9 cm³/mol. The minimum Gasteiger partial charge on any atom is -0.460 e. The molecule has 0 spiro atoms. The Morgan fingerprint density at radius 1 is 1.44 bits per heavy atom. The topological polar surface area (TPSA) is 56.5 Å². The van der Waals surface area contributed by atoms with Crippen molar-refractivity contribution in [3.63, 3.8) is 0 Å². The summed E-state index contributed by atoms with van der Waals surface area (Å²) >= 11 is 3.29. The van der Waals surface area contributed by atoms with Gasteiger partial charge in [-0.15, -0.1) is 0 Å². The van der Waals surface area contributed by atoms with E-state index in [2.05, 4.69) is 15.9 Å². The van der Waals surface area contributed by atoms with Gasteiger partial charge in [0.05, 0.1) is 12.0 Å². The van der Waals surface area contributed by atoms with Crippen molar-refractivity contribution in [3.8, 4) is 0 Å². The summed E-state index contributed by atoms with van der Waals surface area (Å²) in [5, 5.41) is 0.440. The Morgan fingerprint density at radius 3 is 2.83 bits per heavy atom. The second-order valence-electron chi connectivity index (χ2n) is 3.75. The van der Waals surface area contributed by atoms with Gasteiger partial charge in [-0.05, 0) is 32.0 Å². The van der Waals surface area contributed by atoms with E-state index in [9.17, 15) is 9.59 Å². The van der Waals surface area contributed by atoms with Gasteiger partial charge in [-0.3, -0.25) is 4.79 Å². The smallest absolute Gasteiger partial charge is 0.374 e. The van der Waals surface area contributed by atoms with Crippen LogP contribution in [-0.2, 0) is 4.74 Å². The van der Waals surface area contributed by atoms with Crippen LogP contribution in [0.3, 0.4) is 0 Å². The van der Waals surface area contributed by atoms with Crippen molar-refractivity contribution < 1.29 is 13.9 Å². The summed E-state index contributed by atoms with van der Waals surface area (Å²) < 4.78 is 11.1. The number of ether oxygens (including phenoxy) is 1. The van der Waals surface area contributed by atoms with Crippen molar-refractivity contribution in [2.45, 2.75) is 13.8 Å². The van der Waals surface area contributed by atoms with Crippen molar-refractivity contribution in [1.82, 2.24) is 0 Å². The van der Waals surface area contributed by atoms with Crippen LogP contribution in [0.2, 0.25) is 0 Å². The highest BCUT2D eigenvalue weighted by atomic mass is 79.9. The molecule has 4 nitrogen and oxygen atoms in total. The maximum Gasteiger partial charge on any atom is 0.374 e. The van der Waals surface area contributed by atoms with Gasteiger partial charge >= 0.3 is 5.97 Å². The van der Waals surface area contributed by atoms with Crippen LogP contribution in [0.5, 0.6) is 0 Å². The molecule has 5 heteroatoms. The van der Waals surface area contributed by atoms with Crippen molar-refractivity contribution >= 4 is 32.9 Å². The number of hydrogen-bond acceptors (Lipinski definition) is 4. The fraction of sp³-hybridized carbons (Fsp3) is 0.231. The highest BCUT2D eigenvalue weighted by Crippen LogP contribution is 2.20. The molecule has 2 aromatic rings. The first kappa shape index (κ1) is 12.8. The fourth-order valence-corrected chi connectivity index (χ4v) is 2.01. The minimum atomic E-state index is -0.614. The van der Waals surface area contributed by atoms with Crippen LogP contribution >= 0.6 is 15.9 Å². The van der Waals surface area contributed by atoms with Crippen molar-refractivity contribution in [1.29, 1.82) is 0 Å². The fourth-order valence-electron chi connectivity index (χ4n) is 1.65. The number of fused-ring (bicyclic) bond motifs is 1. The van der Waals surface area contributed by atoms with Gasteiger partial charge in [-0.1, -0.05) is 15.9 Å². The van der Waals surface area contributed by atoms with E-state index in [-0.39, 0.29) is 23.4 Å². The number of carbonyl (C=O) groups is 1. The first-order chi connectivity index (χ1) is 8.54. The Labute approximate surface area is 112 Å². The van der Waals surface area contributed by atoms with Gasteiger partial charge in [0.2, 0.25) is 5.76 Å². The minimum absolute atomic E-state index is 0.0309. The van der Waals surface area contributed by atoms with Gasteiger partial charge in [-0.25, -0.2) is 4.79 Å². The third-order valence-corrected chi connectivity index (χ3v) is 3.03. The number of hydrogen-bond donors (Lipinski definition) is 0. The lowest BCUT2D eigenvalue weighted by molar-refractivity contribution is 0.0489. The molecule has 0 aliphatic heterocycles. The molecule has 18 heavy (non-hydrogen) atoms. The normalized spacial score (nSPS) is 10.6. The average Bonchev–Trinajstić information content (AvgIpc) is 2.34. The molecule has 0 unspecified atom stereocenters. The molecular weight excluding hydrogens is 300 g/mol. The van der Waals surface area contributed by atoms with Crippen molar-refractivity contribution in [3.05, 3.63) is 44.2 Å². The molecule has 0 radical (unpaired) electrons. The lowest BCUT2D eigenvalue weighted by atomic mass is 10.1. The van der Waals surface area contributed by atoms with Crippen molar-refractivity contribution in [2.24, 2.45) is 0 Å². The Morgan fingerprint density at radius 2 is 2.17 bits per heavy atom. The number of esters is 1. The Bertz CT molecular complexity index is 672. The Hall–Kier alpha value is -1.62. The van der Waals surface area contributed by atoms with E-state index in [0.29, 0.717) is 11.0 Å². The molecule has 1 aromatic heterocycles. The first-order valence-corrected chi connectivity index (χ1v) is 6.24. The summed E-state index contributed by atoms with van der Waals surface area (Å²) in [5.41, 5.74) is 0.413. The van der Waals surface area contributed by atoms with E-state index in [1.54, 1.807) is 32.0 Å². The molecule has 0 aliphatic rings. The van der Waals surface area contributed by atoms with Crippen LogP contribution in [-0.4, -0.2) is 12.6 Å². The maximum absolute atomic E-state index is 12.1. The van der Waals surface area contributed by atoms with E-state index in [1.165, 1.54) is 0 Å². The van der Waals surface area contributed by atoms with E-state index in [1.807, 2.05) is 0 Å². The zero-order valence-electron chi connectivity index (χ0n) is 9.95. The van der Waals surface area contributed by atoms with Crippen LogP contribution < -0.4 is 5.43 Å². The van der Waals surface area contributed by atoms with Crippen LogP contribution in [0.1, 0.15) is 23.0 Å². The van der Waals surface area contributed by atoms with Crippen LogP contribution in [0.15, 0.2) is 31.9 Å². The van der Waals surface area contributed by atoms with Gasteiger partial charge < -0.3 is 9.15 Å². The molecule has 0 N–H and O–H groups in total. The zero-order valence-corrected chi connectivity index (χ0v) is 11.5. The quantitative estimate of drug-likeness (QED) is 0.800. The van der Waals surface area contributed by atoms with Crippen LogP contribution in [0.4, 0.5) is 0 Å². The van der Waals surface area contributed by atoms with E-state index >= 15 is 0 Å². The molecule has 94 valence electrons. The first-order valence-electron chi connectivity index (χ1n) is 5.44. The second kappa shape index (κ2) is 4.94. The lowest BCUT2D eigenvalue weighted by Gasteiger charge is -2.06. The number of benzene rings is 1. The van der Waals surface area contributed by atoms with Crippen molar-refractivity contribution in [2.75, 3.05) is 6.61 Å². The van der Waals surface area contributed by atoms with E-state index in [4.69, 9.17) is 9.15 Å². The summed E-state index contributed by atoms with van der Waals surface area (Å²) in [6.07, 6.45) is 0. The molecule has 0 bridgehead atoms. The van der Waals surface area contributed by atoms with Gasteiger partial charge in [0.1, 0.15) is 5.58 Å². The molecule has 2 rings (SSSR count). The van der Waals surface area contributed by atoms with E-state index < -0.39 is 5.97 Å². The molecule has 0 atom stereocenters. The molecular formula is C13H11BrO4. The Balaban J connectivity index is 2.72.